The summed E-state index contributed by atoms with van der Waals surface area (Å²) in [6.45, 7) is 2.91. The molecule has 3 heterocycles. The standard InChI is InChI=1S/C26H34N6O3/c33-17-16-32(14-4-3-7-20-11-10-19-6-5-13-27-24(19)30-20)15-12-23(26(34)35)31-25-21-8-1-2-9-22(21)28-18-29-25/h1-2,8-11,18,23,33H,3-7,12-17H2,(H,27,30)(H,34,35)(H,28,29,31). The number of unbranched alkanes of at least 4 members (excludes halogenated alkanes) is 1. The van der Waals surface area contributed by atoms with E-state index in [1.54, 1.807) is 0 Å². The van der Waals surface area contributed by atoms with Crippen molar-refractivity contribution in [3.63, 3.8) is 0 Å². The molecule has 4 rings (SSSR count). The highest BCUT2D eigenvalue weighted by Gasteiger charge is 2.20. The average Bonchev–Trinajstić information content (AvgIpc) is 2.88. The molecule has 186 valence electrons. The Kier molecular flexibility index (Phi) is 8.80. The third kappa shape index (κ3) is 6.86. The van der Waals surface area contributed by atoms with Crippen LogP contribution in [0.3, 0.4) is 0 Å². The molecule has 0 amide bonds. The number of aryl methyl sites for hydroxylation is 2. The first kappa shape index (κ1) is 24.8. The Morgan fingerprint density at radius 3 is 2.86 bits per heavy atom. The minimum Gasteiger partial charge on any atom is -0.480 e. The maximum absolute atomic E-state index is 11.9. The molecule has 1 aromatic carbocycles. The zero-order chi connectivity index (χ0) is 24.5. The number of aliphatic hydroxyl groups is 1. The minimum absolute atomic E-state index is 0.0414. The molecule has 0 saturated heterocycles. The van der Waals surface area contributed by atoms with E-state index in [0.717, 1.165) is 67.6 Å². The number of carboxylic acid groups (broad SMARTS) is 1. The normalized spacial score (nSPS) is 13.9. The number of pyridine rings is 1. The molecular formula is C26H34N6O3. The Morgan fingerprint density at radius 2 is 2.00 bits per heavy atom. The van der Waals surface area contributed by atoms with Crippen LogP contribution in [0.15, 0.2) is 42.7 Å². The van der Waals surface area contributed by atoms with Crippen LogP contribution in [0.1, 0.15) is 36.9 Å². The zero-order valence-electron chi connectivity index (χ0n) is 20.0. The third-order valence-electron chi connectivity index (χ3n) is 6.41. The number of rotatable bonds is 13. The first-order valence-corrected chi connectivity index (χ1v) is 12.4. The number of aliphatic hydroxyl groups excluding tert-OH is 1. The van der Waals surface area contributed by atoms with E-state index in [9.17, 15) is 15.0 Å². The van der Waals surface area contributed by atoms with Gasteiger partial charge < -0.3 is 25.7 Å². The second kappa shape index (κ2) is 12.4. The van der Waals surface area contributed by atoms with E-state index in [0.29, 0.717) is 25.3 Å². The van der Waals surface area contributed by atoms with Gasteiger partial charge in [0.05, 0.1) is 12.1 Å². The van der Waals surface area contributed by atoms with Crippen LogP contribution in [0, 0.1) is 0 Å². The van der Waals surface area contributed by atoms with Crippen LogP contribution >= 0.6 is 0 Å². The number of anilines is 2. The van der Waals surface area contributed by atoms with Crippen molar-refractivity contribution in [2.45, 2.75) is 44.6 Å². The number of aliphatic carboxylic acids is 1. The Hall–Kier alpha value is -3.30. The highest BCUT2D eigenvalue weighted by Crippen LogP contribution is 2.21. The highest BCUT2D eigenvalue weighted by atomic mass is 16.4. The van der Waals surface area contributed by atoms with Crippen molar-refractivity contribution in [2.24, 2.45) is 0 Å². The molecule has 9 nitrogen and oxygen atoms in total. The lowest BCUT2D eigenvalue weighted by Gasteiger charge is -2.24. The van der Waals surface area contributed by atoms with Gasteiger partial charge in [-0.05, 0) is 68.8 Å². The maximum atomic E-state index is 11.9. The van der Waals surface area contributed by atoms with Crippen molar-refractivity contribution in [2.75, 3.05) is 43.4 Å². The second-order valence-corrected chi connectivity index (χ2v) is 8.93. The second-order valence-electron chi connectivity index (χ2n) is 8.93. The number of aromatic nitrogens is 3. The molecule has 3 aromatic rings. The quantitative estimate of drug-likeness (QED) is 0.275. The summed E-state index contributed by atoms with van der Waals surface area (Å²) in [6.07, 6.45) is 6.92. The lowest BCUT2D eigenvalue weighted by molar-refractivity contribution is -0.138. The Balaban J connectivity index is 1.27. The maximum Gasteiger partial charge on any atom is 0.326 e. The number of hydrogen-bond donors (Lipinski definition) is 4. The predicted octanol–water partition coefficient (Wildman–Crippen LogP) is 2.96. The van der Waals surface area contributed by atoms with E-state index >= 15 is 0 Å². The summed E-state index contributed by atoms with van der Waals surface area (Å²) < 4.78 is 0. The van der Waals surface area contributed by atoms with Gasteiger partial charge in [0.15, 0.2) is 0 Å². The fourth-order valence-electron chi connectivity index (χ4n) is 4.48. The van der Waals surface area contributed by atoms with E-state index in [-0.39, 0.29) is 6.61 Å². The SMILES string of the molecule is O=C(O)C(CCN(CCO)CCCCc1ccc2c(n1)NCCC2)Nc1ncnc2ccccc12. The molecule has 1 atom stereocenters. The van der Waals surface area contributed by atoms with Crippen molar-refractivity contribution in [1.29, 1.82) is 0 Å². The molecule has 9 heteroatoms. The zero-order valence-corrected chi connectivity index (χ0v) is 20.0. The molecule has 1 unspecified atom stereocenters. The lowest BCUT2D eigenvalue weighted by atomic mass is 10.1. The first-order chi connectivity index (χ1) is 17.1. The van der Waals surface area contributed by atoms with Gasteiger partial charge in [-0.1, -0.05) is 18.2 Å². The molecule has 0 spiro atoms. The first-order valence-electron chi connectivity index (χ1n) is 12.4. The van der Waals surface area contributed by atoms with Gasteiger partial charge in [-0.25, -0.2) is 19.7 Å². The van der Waals surface area contributed by atoms with E-state index in [4.69, 9.17) is 4.98 Å². The number of fused-ring (bicyclic) bond motifs is 2. The monoisotopic (exact) mass is 478 g/mol. The minimum atomic E-state index is -0.927. The lowest BCUT2D eigenvalue weighted by Crippen LogP contribution is -2.36. The smallest absolute Gasteiger partial charge is 0.326 e. The molecule has 0 radical (unpaired) electrons. The largest absolute Gasteiger partial charge is 0.480 e. The average molecular weight is 479 g/mol. The van der Waals surface area contributed by atoms with Gasteiger partial charge in [0.2, 0.25) is 0 Å². The number of nitrogens with one attached hydrogen (secondary N) is 2. The fourth-order valence-corrected chi connectivity index (χ4v) is 4.48. The van der Waals surface area contributed by atoms with Gasteiger partial charge in [0, 0.05) is 30.7 Å². The van der Waals surface area contributed by atoms with Crippen LogP contribution in [0.4, 0.5) is 11.6 Å². The van der Waals surface area contributed by atoms with Gasteiger partial charge in [0.1, 0.15) is 24.0 Å². The molecule has 0 fully saturated rings. The van der Waals surface area contributed by atoms with Crippen LogP contribution in [0.2, 0.25) is 0 Å². The molecule has 35 heavy (non-hydrogen) atoms. The van der Waals surface area contributed by atoms with Gasteiger partial charge in [-0.3, -0.25) is 0 Å². The molecular weight excluding hydrogens is 444 g/mol. The van der Waals surface area contributed by atoms with E-state index in [2.05, 4.69) is 37.6 Å². The summed E-state index contributed by atoms with van der Waals surface area (Å²) in [5.41, 5.74) is 3.16. The van der Waals surface area contributed by atoms with Crippen molar-refractivity contribution < 1.29 is 15.0 Å². The van der Waals surface area contributed by atoms with Gasteiger partial charge in [0.25, 0.3) is 0 Å². The van der Waals surface area contributed by atoms with Crippen molar-refractivity contribution >= 4 is 28.5 Å². The Bertz CT molecular complexity index is 1120. The van der Waals surface area contributed by atoms with E-state index in [1.165, 1.54) is 11.9 Å². The van der Waals surface area contributed by atoms with Crippen molar-refractivity contribution in [1.82, 2.24) is 19.9 Å². The summed E-state index contributed by atoms with van der Waals surface area (Å²) in [5, 5.41) is 26.5. The number of para-hydroxylation sites is 1. The van der Waals surface area contributed by atoms with Crippen molar-refractivity contribution in [3.8, 4) is 0 Å². The molecule has 0 bridgehead atoms. The van der Waals surface area contributed by atoms with Gasteiger partial charge in [-0.2, -0.15) is 0 Å². The molecule has 4 N–H and O–H groups in total. The summed E-state index contributed by atoms with van der Waals surface area (Å²) in [5.74, 6) is 0.617. The fraction of sp³-hybridized carbons (Fsp3) is 0.462. The van der Waals surface area contributed by atoms with Crippen LogP contribution in [0.5, 0.6) is 0 Å². The van der Waals surface area contributed by atoms with Gasteiger partial charge in [-0.15, -0.1) is 0 Å². The number of carbonyl (C=O) groups is 1. The number of hydrogen-bond acceptors (Lipinski definition) is 8. The van der Waals surface area contributed by atoms with Crippen LogP contribution < -0.4 is 10.6 Å². The highest BCUT2D eigenvalue weighted by molar-refractivity contribution is 5.90. The van der Waals surface area contributed by atoms with E-state index < -0.39 is 12.0 Å². The van der Waals surface area contributed by atoms with Crippen LogP contribution in [0.25, 0.3) is 10.9 Å². The summed E-state index contributed by atoms with van der Waals surface area (Å²) in [6, 6.07) is 11.0. The number of nitrogens with zero attached hydrogens (tertiary/aromatic N) is 4. The topological polar surface area (TPSA) is 124 Å². The molecule has 0 aliphatic carbocycles. The summed E-state index contributed by atoms with van der Waals surface area (Å²) in [4.78, 5) is 27.3. The Labute approximate surface area is 205 Å². The van der Waals surface area contributed by atoms with Crippen LogP contribution in [-0.4, -0.2) is 74.9 Å². The Morgan fingerprint density at radius 1 is 1.11 bits per heavy atom. The molecule has 0 saturated carbocycles. The van der Waals surface area contributed by atoms with Crippen LogP contribution in [-0.2, 0) is 17.6 Å². The van der Waals surface area contributed by atoms with Crippen molar-refractivity contribution in [3.05, 3.63) is 54.0 Å². The molecule has 1 aliphatic heterocycles. The number of benzene rings is 1. The van der Waals surface area contributed by atoms with Gasteiger partial charge >= 0.3 is 5.97 Å². The summed E-state index contributed by atoms with van der Waals surface area (Å²) >= 11 is 0. The molecule has 1 aliphatic rings. The summed E-state index contributed by atoms with van der Waals surface area (Å²) in [7, 11) is 0. The number of carboxylic acids is 1. The predicted molar refractivity (Wildman–Crippen MR) is 137 cm³/mol. The molecule has 2 aromatic heterocycles. The third-order valence-corrected chi connectivity index (χ3v) is 6.41. The van der Waals surface area contributed by atoms with E-state index in [1.807, 2.05) is 24.3 Å².